The number of aromatic nitrogens is 6. The van der Waals surface area contributed by atoms with E-state index >= 15 is 0 Å². The number of hydrogen-bond donors (Lipinski definition) is 0. The first-order valence-corrected chi connectivity index (χ1v) is 7.57. The molecule has 1 fully saturated rings. The van der Waals surface area contributed by atoms with Crippen LogP contribution in [-0.2, 0) is 0 Å². The summed E-state index contributed by atoms with van der Waals surface area (Å²) in [5, 5.41) is 12.7. The lowest BCUT2D eigenvalue weighted by atomic mass is 10.1. The van der Waals surface area contributed by atoms with Crippen molar-refractivity contribution in [1.29, 1.82) is 0 Å². The van der Waals surface area contributed by atoms with Crippen LogP contribution in [0.2, 0.25) is 0 Å². The van der Waals surface area contributed by atoms with Crippen molar-refractivity contribution in [1.82, 2.24) is 29.8 Å². The topological polar surface area (TPSA) is 75.3 Å². The molecule has 1 aliphatic heterocycles. The standard InChI is InChI=1S/C15H18N8/c1-10-6-16-15(17-7-10)21(3)12-8-22(9-12)14-5-4-13-19-18-11(2)23(13)20-14/h4-7,12H,8-9H2,1-3H3. The fraction of sp³-hybridized carbons (Fsp3) is 0.400. The van der Waals surface area contributed by atoms with Crippen LogP contribution in [0.4, 0.5) is 11.8 Å². The van der Waals surface area contributed by atoms with Crippen LogP contribution in [0.1, 0.15) is 11.4 Å². The maximum absolute atomic E-state index is 4.60. The van der Waals surface area contributed by atoms with Crippen molar-refractivity contribution in [3.05, 3.63) is 35.9 Å². The summed E-state index contributed by atoms with van der Waals surface area (Å²) in [6, 6.07) is 4.32. The summed E-state index contributed by atoms with van der Waals surface area (Å²) >= 11 is 0. The Kier molecular flexibility index (Phi) is 3.10. The first-order chi connectivity index (χ1) is 11.1. The second-order valence-electron chi connectivity index (χ2n) is 5.94. The van der Waals surface area contributed by atoms with Gasteiger partial charge in [0.2, 0.25) is 5.95 Å². The van der Waals surface area contributed by atoms with E-state index in [4.69, 9.17) is 0 Å². The van der Waals surface area contributed by atoms with Crippen LogP contribution in [-0.4, -0.2) is 56.0 Å². The molecule has 0 atom stereocenters. The van der Waals surface area contributed by atoms with Gasteiger partial charge in [-0.25, -0.2) is 9.97 Å². The van der Waals surface area contributed by atoms with E-state index in [1.165, 1.54) is 0 Å². The maximum Gasteiger partial charge on any atom is 0.225 e. The van der Waals surface area contributed by atoms with E-state index < -0.39 is 0 Å². The van der Waals surface area contributed by atoms with Gasteiger partial charge in [0.1, 0.15) is 5.82 Å². The predicted octanol–water partition coefficient (Wildman–Crippen LogP) is 0.856. The maximum atomic E-state index is 4.60. The first-order valence-electron chi connectivity index (χ1n) is 7.57. The van der Waals surface area contributed by atoms with Crippen molar-refractivity contribution >= 4 is 17.4 Å². The Morgan fingerprint density at radius 1 is 1.09 bits per heavy atom. The van der Waals surface area contributed by atoms with Crippen molar-refractivity contribution < 1.29 is 0 Å². The van der Waals surface area contributed by atoms with Crippen LogP contribution >= 0.6 is 0 Å². The number of hydrogen-bond acceptors (Lipinski definition) is 7. The van der Waals surface area contributed by atoms with Crippen molar-refractivity contribution in [3.63, 3.8) is 0 Å². The second-order valence-corrected chi connectivity index (χ2v) is 5.94. The highest BCUT2D eigenvalue weighted by molar-refractivity contribution is 5.49. The molecule has 0 amide bonds. The van der Waals surface area contributed by atoms with Crippen LogP contribution in [0, 0.1) is 13.8 Å². The Morgan fingerprint density at radius 3 is 2.57 bits per heavy atom. The zero-order chi connectivity index (χ0) is 16.0. The highest BCUT2D eigenvalue weighted by Crippen LogP contribution is 2.23. The zero-order valence-corrected chi connectivity index (χ0v) is 13.4. The summed E-state index contributed by atoms with van der Waals surface area (Å²) in [6.45, 7) is 5.68. The van der Waals surface area contributed by atoms with E-state index in [1.807, 2.05) is 45.4 Å². The van der Waals surface area contributed by atoms with Crippen molar-refractivity contribution in [3.8, 4) is 0 Å². The molecule has 1 aliphatic rings. The highest BCUT2D eigenvalue weighted by Gasteiger charge is 2.32. The van der Waals surface area contributed by atoms with Crippen LogP contribution in [0.15, 0.2) is 24.5 Å². The molecule has 0 saturated carbocycles. The molecule has 23 heavy (non-hydrogen) atoms. The van der Waals surface area contributed by atoms with Gasteiger partial charge < -0.3 is 9.80 Å². The Labute approximate surface area is 133 Å². The molecule has 4 rings (SSSR count). The normalized spacial score (nSPS) is 15.0. The fourth-order valence-corrected chi connectivity index (χ4v) is 2.67. The molecule has 0 bridgehead atoms. The molecule has 118 valence electrons. The molecule has 0 spiro atoms. The largest absolute Gasteiger partial charge is 0.351 e. The zero-order valence-electron chi connectivity index (χ0n) is 13.4. The molecular formula is C15H18N8. The lowest BCUT2D eigenvalue weighted by Gasteiger charge is -2.44. The fourth-order valence-electron chi connectivity index (χ4n) is 2.67. The van der Waals surface area contributed by atoms with Gasteiger partial charge >= 0.3 is 0 Å². The Hall–Kier alpha value is -2.77. The van der Waals surface area contributed by atoms with E-state index in [2.05, 4.69) is 35.1 Å². The van der Waals surface area contributed by atoms with Gasteiger partial charge in [0, 0.05) is 32.5 Å². The summed E-state index contributed by atoms with van der Waals surface area (Å²) in [4.78, 5) is 13.1. The van der Waals surface area contributed by atoms with Gasteiger partial charge in [-0.1, -0.05) is 0 Å². The van der Waals surface area contributed by atoms with Crippen LogP contribution in [0.3, 0.4) is 0 Å². The van der Waals surface area contributed by atoms with E-state index in [1.54, 1.807) is 4.52 Å². The smallest absolute Gasteiger partial charge is 0.225 e. The van der Waals surface area contributed by atoms with Gasteiger partial charge in [-0.3, -0.25) is 0 Å². The predicted molar refractivity (Wildman–Crippen MR) is 86.7 cm³/mol. The van der Waals surface area contributed by atoms with E-state index in [0.29, 0.717) is 6.04 Å². The molecule has 1 saturated heterocycles. The van der Waals surface area contributed by atoms with Crippen molar-refractivity contribution in [2.24, 2.45) is 0 Å². The van der Waals surface area contributed by atoms with Gasteiger partial charge in [0.25, 0.3) is 0 Å². The van der Waals surface area contributed by atoms with E-state index in [9.17, 15) is 0 Å². The SMILES string of the molecule is Cc1cnc(N(C)C2CN(c3ccc4nnc(C)n4n3)C2)nc1. The minimum Gasteiger partial charge on any atom is -0.351 e. The third kappa shape index (κ3) is 2.36. The lowest BCUT2D eigenvalue weighted by Crippen LogP contribution is -2.59. The molecule has 3 aromatic rings. The number of anilines is 2. The molecule has 0 aliphatic carbocycles. The highest BCUT2D eigenvalue weighted by atomic mass is 15.4. The van der Waals surface area contributed by atoms with Gasteiger partial charge in [-0.2, -0.15) is 4.52 Å². The average Bonchev–Trinajstić information content (AvgIpc) is 2.88. The van der Waals surface area contributed by atoms with E-state index in [-0.39, 0.29) is 0 Å². The number of likely N-dealkylation sites (N-methyl/N-ethyl adjacent to an activating group) is 1. The van der Waals surface area contributed by atoms with Crippen molar-refractivity contribution in [2.75, 3.05) is 29.9 Å². The molecule has 0 unspecified atom stereocenters. The molecule has 0 N–H and O–H groups in total. The summed E-state index contributed by atoms with van der Waals surface area (Å²) in [5.41, 5.74) is 1.84. The second kappa shape index (κ2) is 5.15. The molecule has 8 heteroatoms. The summed E-state index contributed by atoms with van der Waals surface area (Å²) in [7, 11) is 2.03. The Balaban J connectivity index is 1.47. The average molecular weight is 310 g/mol. The molecule has 8 nitrogen and oxygen atoms in total. The Morgan fingerprint density at radius 2 is 1.83 bits per heavy atom. The number of nitrogens with zero attached hydrogens (tertiary/aromatic N) is 8. The molecule has 0 aromatic carbocycles. The summed E-state index contributed by atoms with van der Waals surface area (Å²) < 4.78 is 1.77. The number of aryl methyl sites for hydroxylation is 2. The molecule has 0 radical (unpaired) electrons. The summed E-state index contributed by atoms with van der Waals surface area (Å²) in [5.74, 6) is 2.50. The van der Waals surface area contributed by atoms with Crippen LogP contribution < -0.4 is 9.80 Å². The lowest BCUT2D eigenvalue weighted by molar-refractivity contribution is 0.483. The van der Waals surface area contributed by atoms with Crippen molar-refractivity contribution in [2.45, 2.75) is 19.9 Å². The monoisotopic (exact) mass is 310 g/mol. The first kappa shape index (κ1) is 13.9. The quantitative estimate of drug-likeness (QED) is 0.710. The van der Waals surface area contributed by atoms with Gasteiger partial charge in [0.05, 0.1) is 6.04 Å². The number of rotatable bonds is 3. The Bertz CT molecular complexity index is 834. The minimum absolute atomic E-state index is 0.386. The van der Waals surface area contributed by atoms with Gasteiger partial charge in [0.15, 0.2) is 11.5 Å². The van der Waals surface area contributed by atoms with E-state index in [0.717, 1.165) is 41.9 Å². The van der Waals surface area contributed by atoms with Crippen LogP contribution in [0.5, 0.6) is 0 Å². The molecule has 3 aromatic heterocycles. The number of fused-ring (bicyclic) bond motifs is 1. The third-order valence-corrected chi connectivity index (χ3v) is 4.22. The summed E-state index contributed by atoms with van der Waals surface area (Å²) in [6.07, 6.45) is 3.69. The molecular weight excluding hydrogens is 292 g/mol. The minimum atomic E-state index is 0.386. The van der Waals surface area contributed by atoms with Gasteiger partial charge in [-0.15, -0.1) is 15.3 Å². The van der Waals surface area contributed by atoms with Gasteiger partial charge in [-0.05, 0) is 31.5 Å². The van der Waals surface area contributed by atoms with Crippen LogP contribution in [0.25, 0.3) is 5.65 Å². The third-order valence-electron chi connectivity index (χ3n) is 4.22. The molecule has 4 heterocycles.